The van der Waals surface area contributed by atoms with Crippen molar-refractivity contribution < 1.29 is 28.7 Å². The van der Waals surface area contributed by atoms with Crippen LogP contribution in [0.15, 0.2) is 0 Å². The molecule has 0 fully saturated rings. The Balaban J connectivity index is 0. The predicted molar refractivity (Wildman–Crippen MR) is 34.7 cm³/mol. The number of hydrogen-bond acceptors (Lipinski definition) is 2. The van der Waals surface area contributed by atoms with Crippen LogP contribution in [0.4, 0.5) is 0 Å². The molecular formula is CH6O6P2Sn. The minimum atomic E-state index is -4.55. The van der Waals surface area contributed by atoms with Gasteiger partial charge in [0.15, 0.2) is 5.90 Å². The minimum absolute atomic E-state index is 0. The summed E-state index contributed by atoms with van der Waals surface area (Å²) >= 11 is 0. The van der Waals surface area contributed by atoms with Crippen molar-refractivity contribution in [1.82, 2.24) is 0 Å². The first kappa shape index (κ1) is 13.7. The van der Waals surface area contributed by atoms with E-state index in [4.69, 9.17) is 19.6 Å². The zero-order valence-electron chi connectivity index (χ0n) is 4.71. The van der Waals surface area contributed by atoms with E-state index < -0.39 is 21.1 Å². The average molecular weight is 295 g/mol. The third-order valence-electron chi connectivity index (χ3n) is 0.368. The molecule has 0 saturated carbocycles. The quantitative estimate of drug-likeness (QED) is 0.380. The summed E-state index contributed by atoms with van der Waals surface area (Å²) in [4.78, 5) is 31.9. The molecule has 0 heterocycles. The van der Waals surface area contributed by atoms with Gasteiger partial charge in [0, 0.05) is 23.9 Å². The van der Waals surface area contributed by atoms with E-state index in [1.165, 1.54) is 0 Å². The molecule has 4 N–H and O–H groups in total. The zero-order valence-corrected chi connectivity index (χ0v) is 9.35. The molecule has 0 aliphatic carbocycles. The standard InChI is InChI=1S/CH6O6P2.Sn/c2-8(3,4)1-9(5,6)7;/h1H2,(H2,2,3,4)(H2,5,6,7);. The first-order valence-corrected chi connectivity index (χ1v) is 5.39. The van der Waals surface area contributed by atoms with Crippen molar-refractivity contribution in [2.24, 2.45) is 0 Å². The predicted octanol–water partition coefficient (Wildman–Crippen LogP) is -1.08. The molecular weight excluding hydrogens is 289 g/mol. The van der Waals surface area contributed by atoms with Gasteiger partial charge in [0.05, 0.1) is 0 Å². The van der Waals surface area contributed by atoms with Gasteiger partial charge in [-0.15, -0.1) is 0 Å². The van der Waals surface area contributed by atoms with Crippen molar-refractivity contribution in [3.8, 4) is 0 Å². The molecule has 0 aromatic rings. The smallest absolute Gasteiger partial charge is 0.324 e. The Bertz CT molecular complexity index is 156. The van der Waals surface area contributed by atoms with E-state index in [2.05, 4.69) is 0 Å². The first-order chi connectivity index (χ1) is 3.71. The van der Waals surface area contributed by atoms with Gasteiger partial charge in [-0.3, -0.25) is 9.13 Å². The second-order valence-corrected chi connectivity index (χ2v) is 5.26. The van der Waals surface area contributed by atoms with Gasteiger partial charge in [-0.1, -0.05) is 0 Å². The summed E-state index contributed by atoms with van der Waals surface area (Å²) in [6.45, 7) is 0. The van der Waals surface area contributed by atoms with Crippen LogP contribution in [0.5, 0.6) is 0 Å². The molecule has 9 heteroatoms. The topological polar surface area (TPSA) is 115 Å². The van der Waals surface area contributed by atoms with Gasteiger partial charge in [-0.25, -0.2) is 0 Å². The van der Waals surface area contributed by atoms with Crippen molar-refractivity contribution in [3.05, 3.63) is 0 Å². The Morgan fingerprint density at radius 3 is 1.10 bits per heavy atom. The fourth-order valence-corrected chi connectivity index (χ4v) is 2.16. The van der Waals surface area contributed by atoms with Gasteiger partial charge in [-0.2, -0.15) is 0 Å². The molecule has 0 aliphatic heterocycles. The molecule has 0 unspecified atom stereocenters. The van der Waals surface area contributed by atoms with Crippen molar-refractivity contribution in [2.45, 2.75) is 0 Å². The van der Waals surface area contributed by atoms with Crippen LogP contribution >= 0.6 is 15.2 Å². The molecule has 0 aromatic carbocycles. The fourth-order valence-electron chi connectivity index (χ4n) is 0.240. The summed E-state index contributed by atoms with van der Waals surface area (Å²) in [6.07, 6.45) is 0. The Morgan fingerprint density at radius 2 is 1.10 bits per heavy atom. The van der Waals surface area contributed by atoms with Gasteiger partial charge in [0.2, 0.25) is 0 Å². The van der Waals surface area contributed by atoms with Crippen LogP contribution in [-0.4, -0.2) is 49.4 Å². The van der Waals surface area contributed by atoms with E-state index in [-0.39, 0.29) is 23.9 Å². The Hall–Kier alpha value is 1.10. The fraction of sp³-hybridized carbons (Fsp3) is 1.00. The largest absolute Gasteiger partial charge is 0.337 e. The normalized spacial score (nSPS) is 12.4. The van der Waals surface area contributed by atoms with E-state index in [0.717, 1.165) is 0 Å². The summed E-state index contributed by atoms with van der Waals surface area (Å²) in [5.41, 5.74) is 0. The molecule has 0 aliphatic rings. The van der Waals surface area contributed by atoms with Crippen LogP contribution in [0.2, 0.25) is 0 Å². The Morgan fingerprint density at radius 1 is 0.900 bits per heavy atom. The summed E-state index contributed by atoms with van der Waals surface area (Å²) in [5, 5.41) is 0. The molecule has 0 spiro atoms. The molecule has 0 amide bonds. The van der Waals surface area contributed by atoms with Crippen LogP contribution in [0, 0.1) is 0 Å². The van der Waals surface area contributed by atoms with Gasteiger partial charge < -0.3 is 19.6 Å². The molecule has 60 valence electrons. The molecule has 4 radical (unpaired) electrons. The van der Waals surface area contributed by atoms with Gasteiger partial charge >= 0.3 is 15.2 Å². The third-order valence-corrected chi connectivity index (χ3v) is 3.32. The van der Waals surface area contributed by atoms with Crippen LogP contribution in [-0.2, 0) is 9.13 Å². The van der Waals surface area contributed by atoms with Crippen molar-refractivity contribution in [2.75, 3.05) is 5.90 Å². The third kappa shape index (κ3) is 11.8. The maximum Gasteiger partial charge on any atom is 0.337 e. The maximum atomic E-state index is 9.85. The first-order valence-electron chi connectivity index (χ1n) is 1.80. The maximum absolute atomic E-state index is 9.85. The van der Waals surface area contributed by atoms with Crippen LogP contribution in [0.3, 0.4) is 0 Å². The number of hydrogen-bond donors (Lipinski definition) is 4. The second kappa shape index (κ2) is 4.21. The van der Waals surface area contributed by atoms with E-state index >= 15 is 0 Å². The zero-order chi connectivity index (χ0) is 7.71. The molecule has 0 aromatic heterocycles. The van der Waals surface area contributed by atoms with Crippen LogP contribution in [0.1, 0.15) is 0 Å². The van der Waals surface area contributed by atoms with Gasteiger partial charge in [0.1, 0.15) is 0 Å². The molecule has 10 heavy (non-hydrogen) atoms. The summed E-state index contributed by atoms with van der Waals surface area (Å²) in [5.74, 6) is -1.38. The minimum Gasteiger partial charge on any atom is -0.324 e. The van der Waals surface area contributed by atoms with Crippen LogP contribution < -0.4 is 0 Å². The van der Waals surface area contributed by atoms with E-state index in [1.807, 2.05) is 0 Å². The van der Waals surface area contributed by atoms with Crippen LogP contribution in [0.25, 0.3) is 0 Å². The molecule has 0 bridgehead atoms. The summed E-state index contributed by atoms with van der Waals surface area (Å²) in [7, 11) is -9.10. The van der Waals surface area contributed by atoms with Gasteiger partial charge in [0.25, 0.3) is 0 Å². The average Bonchev–Trinajstić information content (AvgIpc) is 1.14. The van der Waals surface area contributed by atoms with Crippen molar-refractivity contribution >= 4 is 39.1 Å². The summed E-state index contributed by atoms with van der Waals surface area (Å²) in [6, 6.07) is 0. The molecule has 0 atom stereocenters. The monoisotopic (exact) mass is 296 g/mol. The van der Waals surface area contributed by atoms with E-state index in [0.29, 0.717) is 0 Å². The van der Waals surface area contributed by atoms with Crippen molar-refractivity contribution in [1.29, 1.82) is 0 Å². The Labute approximate surface area is 73.9 Å². The molecule has 0 saturated heterocycles. The van der Waals surface area contributed by atoms with E-state index in [1.54, 1.807) is 0 Å². The number of rotatable bonds is 2. The van der Waals surface area contributed by atoms with E-state index in [9.17, 15) is 9.13 Å². The SMILES string of the molecule is O=P(O)(O)CP(=O)(O)O.[Sn]. The second-order valence-electron chi connectivity index (χ2n) is 1.47. The van der Waals surface area contributed by atoms with Crippen molar-refractivity contribution in [3.63, 3.8) is 0 Å². The molecule has 6 nitrogen and oxygen atoms in total. The molecule has 0 rings (SSSR count). The summed E-state index contributed by atoms with van der Waals surface area (Å²) < 4.78 is 19.7. The van der Waals surface area contributed by atoms with Gasteiger partial charge in [-0.05, 0) is 0 Å². The Kier molecular flexibility index (Phi) is 5.75.